The summed E-state index contributed by atoms with van der Waals surface area (Å²) in [5.41, 5.74) is 1.86. The smallest absolute Gasteiger partial charge is 0.231 e. The Morgan fingerprint density at radius 3 is 2.57 bits per heavy atom. The lowest BCUT2D eigenvalue weighted by atomic mass is 10.0. The minimum absolute atomic E-state index is 0.167. The van der Waals surface area contributed by atoms with Crippen molar-refractivity contribution in [1.82, 2.24) is 0 Å². The Morgan fingerprint density at radius 2 is 1.87 bits per heavy atom. The van der Waals surface area contributed by atoms with Gasteiger partial charge in [0.05, 0.1) is 32.4 Å². The van der Waals surface area contributed by atoms with Crippen LogP contribution in [0.15, 0.2) is 36.1 Å². The van der Waals surface area contributed by atoms with E-state index < -0.39 is 0 Å². The lowest BCUT2D eigenvalue weighted by Gasteiger charge is -2.27. The lowest BCUT2D eigenvalue weighted by Crippen LogP contribution is -3.26. The minimum Gasteiger partial charge on any atom is -0.507 e. The van der Waals surface area contributed by atoms with E-state index in [1.165, 1.54) is 9.80 Å². The van der Waals surface area contributed by atoms with E-state index in [0.29, 0.717) is 40.5 Å². The predicted octanol–water partition coefficient (Wildman–Crippen LogP) is -0.0612. The number of ketones is 1. The van der Waals surface area contributed by atoms with Crippen LogP contribution in [0.4, 0.5) is 0 Å². The average Bonchev–Trinajstić information content (AvgIpc) is 3.07. The molecule has 4 rings (SSSR count). The van der Waals surface area contributed by atoms with Gasteiger partial charge in [0.1, 0.15) is 50.0 Å². The van der Waals surface area contributed by atoms with E-state index in [1.807, 2.05) is 0 Å². The van der Waals surface area contributed by atoms with Gasteiger partial charge in [0.2, 0.25) is 5.78 Å². The second-order valence-electron chi connectivity index (χ2n) is 7.87. The van der Waals surface area contributed by atoms with Crippen LogP contribution in [-0.2, 0) is 6.54 Å². The maximum absolute atomic E-state index is 13.0. The summed E-state index contributed by atoms with van der Waals surface area (Å²) in [4.78, 5) is 15.9. The zero-order chi connectivity index (χ0) is 21.3. The number of aromatic hydroxyl groups is 1. The summed E-state index contributed by atoms with van der Waals surface area (Å²) in [5, 5.41) is 10.5. The molecule has 1 fully saturated rings. The van der Waals surface area contributed by atoms with Gasteiger partial charge in [-0.3, -0.25) is 4.79 Å². The number of Topliss-reactive ketones (excluding diaryl/α,β-unsaturated/α-hetero) is 1. The molecule has 7 heteroatoms. The number of hydrogen-bond donors (Lipinski definition) is 3. The van der Waals surface area contributed by atoms with Gasteiger partial charge >= 0.3 is 0 Å². The third-order valence-electron chi connectivity index (χ3n) is 5.88. The SMILES string of the molecule is COc1ccc(OC)c(C=C2Oc3c(ccc(O)c3C[NH+]3CC[NH+](C)CC3)C2=O)c1. The molecule has 7 nitrogen and oxygen atoms in total. The fraction of sp³-hybridized carbons (Fsp3) is 0.348. The zero-order valence-electron chi connectivity index (χ0n) is 17.6. The van der Waals surface area contributed by atoms with E-state index in [1.54, 1.807) is 50.6 Å². The maximum Gasteiger partial charge on any atom is 0.231 e. The first-order valence-electron chi connectivity index (χ1n) is 10.2. The number of allylic oxidation sites excluding steroid dienone is 1. The number of carbonyl (C=O) groups is 1. The summed E-state index contributed by atoms with van der Waals surface area (Å²) in [6, 6.07) is 8.59. The Balaban J connectivity index is 1.65. The number of phenols is 1. The van der Waals surface area contributed by atoms with Crippen molar-refractivity contribution in [1.29, 1.82) is 0 Å². The number of carbonyl (C=O) groups excluding carboxylic acids is 1. The highest BCUT2D eigenvalue weighted by Gasteiger charge is 2.33. The topological polar surface area (TPSA) is 73.9 Å². The molecule has 2 aliphatic rings. The van der Waals surface area contributed by atoms with E-state index in [0.717, 1.165) is 26.2 Å². The van der Waals surface area contributed by atoms with Crippen molar-refractivity contribution in [3.8, 4) is 23.0 Å². The van der Waals surface area contributed by atoms with Crippen molar-refractivity contribution in [3.05, 3.63) is 52.8 Å². The molecule has 0 atom stereocenters. The number of nitrogens with one attached hydrogen (secondary N) is 2. The van der Waals surface area contributed by atoms with Crippen LogP contribution in [0.3, 0.4) is 0 Å². The summed E-state index contributed by atoms with van der Waals surface area (Å²) in [6.45, 7) is 4.85. The maximum atomic E-state index is 13.0. The summed E-state index contributed by atoms with van der Waals surface area (Å²) < 4.78 is 16.7. The second kappa shape index (κ2) is 8.38. The number of methoxy groups -OCH3 is 2. The van der Waals surface area contributed by atoms with Crippen LogP contribution >= 0.6 is 0 Å². The molecule has 0 aliphatic carbocycles. The third kappa shape index (κ3) is 3.86. The van der Waals surface area contributed by atoms with Crippen LogP contribution in [0.5, 0.6) is 23.0 Å². The van der Waals surface area contributed by atoms with Crippen molar-refractivity contribution in [2.45, 2.75) is 6.54 Å². The largest absolute Gasteiger partial charge is 0.507 e. The van der Waals surface area contributed by atoms with Crippen LogP contribution in [0.1, 0.15) is 21.5 Å². The number of phenolic OH excluding ortho intramolecular Hbond substituents is 1. The minimum atomic E-state index is -0.200. The van der Waals surface area contributed by atoms with E-state index in [4.69, 9.17) is 14.2 Å². The molecule has 2 aliphatic heterocycles. The molecule has 0 amide bonds. The van der Waals surface area contributed by atoms with Gasteiger partial charge in [0, 0.05) is 5.56 Å². The van der Waals surface area contributed by atoms with Gasteiger partial charge in [-0.15, -0.1) is 0 Å². The molecule has 2 heterocycles. The summed E-state index contributed by atoms with van der Waals surface area (Å²) in [5.74, 6) is 1.91. The number of fused-ring (bicyclic) bond motifs is 1. The quantitative estimate of drug-likeness (QED) is 0.600. The molecule has 0 saturated carbocycles. The fourth-order valence-electron chi connectivity index (χ4n) is 4.02. The lowest BCUT2D eigenvalue weighted by molar-refractivity contribution is -1.01. The highest BCUT2D eigenvalue weighted by Crippen LogP contribution is 2.39. The Labute approximate surface area is 176 Å². The average molecular weight is 412 g/mol. The number of quaternary nitrogens is 2. The van der Waals surface area contributed by atoms with Crippen molar-refractivity contribution in [2.75, 3.05) is 47.4 Å². The molecule has 2 aromatic rings. The van der Waals surface area contributed by atoms with Crippen molar-refractivity contribution in [3.63, 3.8) is 0 Å². The number of piperazine rings is 1. The first-order valence-corrected chi connectivity index (χ1v) is 10.2. The molecule has 0 aromatic heterocycles. The molecule has 0 unspecified atom stereocenters. The van der Waals surface area contributed by atoms with Crippen LogP contribution in [0.25, 0.3) is 6.08 Å². The highest BCUT2D eigenvalue weighted by atomic mass is 16.5. The second-order valence-corrected chi connectivity index (χ2v) is 7.87. The number of benzene rings is 2. The van der Waals surface area contributed by atoms with E-state index in [9.17, 15) is 9.90 Å². The monoisotopic (exact) mass is 412 g/mol. The predicted molar refractivity (Wildman–Crippen MR) is 112 cm³/mol. The normalized spacial score (nSPS) is 22.0. The molecule has 158 valence electrons. The van der Waals surface area contributed by atoms with Gasteiger partial charge in [-0.2, -0.15) is 0 Å². The summed E-state index contributed by atoms with van der Waals surface area (Å²) >= 11 is 0. The molecule has 0 radical (unpaired) electrons. The number of ether oxygens (including phenoxy) is 3. The van der Waals surface area contributed by atoms with Gasteiger partial charge in [-0.05, 0) is 36.4 Å². The molecule has 2 aromatic carbocycles. The third-order valence-corrected chi connectivity index (χ3v) is 5.88. The zero-order valence-corrected chi connectivity index (χ0v) is 17.6. The summed E-state index contributed by atoms with van der Waals surface area (Å²) in [7, 11) is 5.36. The van der Waals surface area contributed by atoms with Crippen LogP contribution < -0.4 is 24.0 Å². The van der Waals surface area contributed by atoms with Gasteiger partial charge < -0.3 is 29.1 Å². The number of likely N-dealkylation sites (N-methyl/N-ethyl adjacent to an activating group) is 1. The van der Waals surface area contributed by atoms with Gasteiger partial charge in [-0.1, -0.05) is 0 Å². The standard InChI is InChI=1S/C23H26N2O5/c1-24-8-10-25(11-9-24)14-18-19(26)6-5-17-22(27)21(30-23(17)18)13-15-12-16(28-2)4-7-20(15)29-3/h4-7,12-13,26H,8-11,14H2,1-3H3/p+2. The first-order chi connectivity index (χ1) is 14.5. The molecular formula is C23H28N2O5+2. The van der Waals surface area contributed by atoms with Crippen LogP contribution in [0.2, 0.25) is 0 Å². The van der Waals surface area contributed by atoms with E-state index >= 15 is 0 Å². The summed E-state index contributed by atoms with van der Waals surface area (Å²) in [6.07, 6.45) is 1.66. The molecule has 1 saturated heterocycles. The van der Waals surface area contributed by atoms with E-state index in [-0.39, 0.29) is 17.3 Å². The molecule has 3 N–H and O–H groups in total. The fourth-order valence-corrected chi connectivity index (χ4v) is 4.02. The Bertz CT molecular complexity index is 993. The van der Waals surface area contributed by atoms with Crippen LogP contribution in [0, 0.1) is 0 Å². The van der Waals surface area contributed by atoms with Gasteiger partial charge in [0.15, 0.2) is 11.5 Å². The number of rotatable bonds is 5. The number of hydrogen-bond acceptors (Lipinski definition) is 5. The Morgan fingerprint density at radius 1 is 1.10 bits per heavy atom. The van der Waals surface area contributed by atoms with Crippen LogP contribution in [-0.4, -0.2) is 58.3 Å². The molecule has 30 heavy (non-hydrogen) atoms. The molecule has 0 spiro atoms. The highest BCUT2D eigenvalue weighted by molar-refractivity contribution is 6.15. The Hall–Kier alpha value is -3.03. The van der Waals surface area contributed by atoms with E-state index in [2.05, 4.69) is 7.05 Å². The Kier molecular flexibility index (Phi) is 5.65. The van der Waals surface area contributed by atoms with Gasteiger partial charge in [-0.25, -0.2) is 0 Å². The molecular weight excluding hydrogens is 384 g/mol. The van der Waals surface area contributed by atoms with Crippen molar-refractivity contribution < 1.29 is 33.9 Å². The van der Waals surface area contributed by atoms with Crippen molar-refractivity contribution >= 4 is 11.9 Å². The first kappa shape index (κ1) is 20.3. The molecule has 0 bridgehead atoms. The van der Waals surface area contributed by atoms with Crippen molar-refractivity contribution in [2.24, 2.45) is 0 Å². The van der Waals surface area contributed by atoms with Gasteiger partial charge in [0.25, 0.3) is 0 Å².